The maximum atomic E-state index is 5.78. The second kappa shape index (κ2) is 2.99. The van der Waals surface area contributed by atoms with Crippen LogP contribution in [0.4, 0.5) is 0 Å². The highest BCUT2D eigenvalue weighted by Gasteiger charge is 2.17. The summed E-state index contributed by atoms with van der Waals surface area (Å²) in [6, 6.07) is 0.337. The molecule has 0 aromatic carbocycles. The normalized spacial score (nSPS) is 36.1. The van der Waals surface area contributed by atoms with E-state index in [0.29, 0.717) is 12.0 Å². The molecule has 9 heavy (non-hydrogen) atoms. The zero-order valence-corrected chi connectivity index (χ0v) is 5.64. The van der Waals surface area contributed by atoms with E-state index in [9.17, 15) is 0 Å². The van der Waals surface area contributed by atoms with Crippen molar-refractivity contribution in [2.45, 2.75) is 12.5 Å². The first-order valence-electron chi connectivity index (χ1n) is 3.43. The highest BCUT2D eigenvalue weighted by Crippen LogP contribution is 2.08. The third kappa shape index (κ3) is 1.53. The first-order valence-corrected chi connectivity index (χ1v) is 3.43. The summed E-state index contributed by atoms with van der Waals surface area (Å²) in [5.74, 6) is 0.485. The number of nitrogens with two attached hydrogens (primary N) is 1. The van der Waals surface area contributed by atoms with Crippen molar-refractivity contribution in [3.63, 3.8) is 0 Å². The quantitative estimate of drug-likeness (QED) is 0.489. The summed E-state index contributed by atoms with van der Waals surface area (Å²) in [4.78, 5) is 0. The minimum absolute atomic E-state index is 0.337. The molecule has 0 amide bonds. The summed E-state index contributed by atoms with van der Waals surface area (Å²) in [5.41, 5.74) is 5.78. The Kier molecular flexibility index (Phi) is 2.25. The Balaban J connectivity index is 2.38. The van der Waals surface area contributed by atoms with Crippen molar-refractivity contribution in [1.29, 1.82) is 0 Å². The third-order valence-electron chi connectivity index (χ3n) is 1.89. The van der Waals surface area contributed by atoms with Gasteiger partial charge in [-0.1, -0.05) is 6.08 Å². The van der Waals surface area contributed by atoms with Gasteiger partial charge in [-0.25, -0.2) is 0 Å². The lowest BCUT2D eigenvalue weighted by atomic mass is 9.95. The van der Waals surface area contributed by atoms with Gasteiger partial charge >= 0.3 is 0 Å². The first kappa shape index (κ1) is 6.78. The Morgan fingerprint density at radius 2 is 2.44 bits per heavy atom. The molecule has 0 saturated carbocycles. The predicted octanol–water partition coefficient (Wildman–Crippen LogP) is 0.109. The van der Waals surface area contributed by atoms with Gasteiger partial charge in [0.15, 0.2) is 0 Å². The molecule has 1 aliphatic rings. The second-order valence-electron chi connectivity index (χ2n) is 2.56. The molecular formula is C7H14N2. The van der Waals surface area contributed by atoms with Gasteiger partial charge in [0.2, 0.25) is 0 Å². The summed E-state index contributed by atoms with van der Waals surface area (Å²) in [7, 11) is 0. The second-order valence-corrected chi connectivity index (χ2v) is 2.56. The largest absolute Gasteiger partial charge is 0.327 e. The SMILES string of the molecule is C=CC1CNCCC1N. The van der Waals surface area contributed by atoms with Crippen molar-refractivity contribution in [3.05, 3.63) is 12.7 Å². The topological polar surface area (TPSA) is 38.0 Å². The maximum Gasteiger partial charge on any atom is 0.0126 e. The van der Waals surface area contributed by atoms with E-state index in [2.05, 4.69) is 11.9 Å². The fraction of sp³-hybridized carbons (Fsp3) is 0.714. The van der Waals surface area contributed by atoms with Crippen LogP contribution < -0.4 is 11.1 Å². The van der Waals surface area contributed by atoms with Crippen LogP contribution in [0.2, 0.25) is 0 Å². The van der Waals surface area contributed by atoms with Crippen molar-refractivity contribution >= 4 is 0 Å². The first-order chi connectivity index (χ1) is 4.34. The minimum atomic E-state index is 0.337. The summed E-state index contributed by atoms with van der Waals surface area (Å²) in [5, 5.41) is 3.26. The molecule has 0 spiro atoms. The lowest BCUT2D eigenvalue weighted by Crippen LogP contribution is -2.43. The third-order valence-corrected chi connectivity index (χ3v) is 1.89. The highest BCUT2D eigenvalue weighted by molar-refractivity contribution is 4.91. The highest BCUT2D eigenvalue weighted by atomic mass is 14.9. The van der Waals surface area contributed by atoms with Crippen molar-refractivity contribution in [3.8, 4) is 0 Å². The fourth-order valence-corrected chi connectivity index (χ4v) is 1.16. The molecule has 2 unspecified atom stereocenters. The molecule has 1 saturated heterocycles. The van der Waals surface area contributed by atoms with E-state index in [1.807, 2.05) is 6.08 Å². The van der Waals surface area contributed by atoms with Crippen LogP contribution in [-0.2, 0) is 0 Å². The minimum Gasteiger partial charge on any atom is -0.327 e. The zero-order chi connectivity index (χ0) is 6.69. The smallest absolute Gasteiger partial charge is 0.0126 e. The molecule has 0 aromatic rings. The molecule has 0 radical (unpaired) electrons. The van der Waals surface area contributed by atoms with Gasteiger partial charge in [-0.15, -0.1) is 6.58 Å². The molecule has 0 aliphatic carbocycles. The molecule has 1 heterocycles. The van der Waals surface area contributed by atoms with Crippen LogP contribution in [0.15, 0.2) is 12.7 Å². The lowest BCUT2D eigenvalue weighted by Gasteiger charge is -2.26. The van der Waals surface area contributed by atoms with Gasteiger partial charge in [-0.05, 0) is 13.0 Å². The summed E-state index contributed by atoms with van der Waals surface area (Å²) in [6.07, 6.45) is 3.02. The monoisotopic (exact) mass is 126 g/mol. The van der Waals surface area contributed by atoms with Crippen LogP contribution in [0.5, 0.6) is 0 Å². The van der Waals surface area contributed by atoms with Gasteiger partial charge in [0.1, 0.15) is 0 Å². The number of rotatable bonds is 1. The van der Waals surface area contributed by atoms with Crippen molar-refractivity contribution in [2.24, 2.45) is 11.7 Å². The molecule has 2 nitrogen and oxygen atoms in total. The van der Waals surface area contributed by atoms with Crippen LogP contribution in [0.1, 0.15) is 6.42 Å². The van der Waals surface area contributed by atoms with Gasteiger partial charge in [0.05, 0.1) is 0 Å². The van der Waals surface area contributed by atoms with Crippen molar-refractivity contribution in [2.75, 3.05) is 13.1 Å². The van der Waals surface area contributed by atoms with Crippen molar-refractivity contribution in [1.82, 2.24) is 5.32 Å². The van der Waals surface area contributed by atoms with Crippen LogP contribution in [-0.4, -0.2) is 19.1 Å². The van der Waals surface area contributed by atoms with Crippen LogP contribution in [0, 0.1) is 5.92 Å². The van der Waals surface area contributed by atoms with Gasteiger partial charge in [-0.2, -0.15) is 0 Å². The number of piperidine rings is 1. The maximum absolute atomic E-state index is 5.78. The Morgan fingerprint density at radius 1 is 1.67 bits per heavy atom. The summed E-state index contributed by atoms with van der Waals surface area (Å²) >= 11 is 0. The Bertz CT molecular complexity index is 101. The summed E-state index contributed by atoms with van der Waals surface area (Å²) < 4.78 is 0. The van der Waals surface area contributed by atoms with Gasteiger partial charge in [0.25, 0.3) is 0 Å². The molecule has 0 aromatic heterocycles. The van der Waals surface area contributed by atoms with Crippen LogP contribution in [0.25, 0.3) is 0 Å². The number of nitrogens with one attached hydrogen (secondary N) is 1. The predicted molar refractivity (Wildman–Crippen MR) is 39.1 cm³/mol. The molecular weight excluding hydrogens is 112 g/mol. The van der Waals surface area contributed by atoms with E-state index in [1.54, 1.807) is 0 Å². The van der Waals surface area contributed by atoms with Gasteiger partial charge < -0.3 is 11.1 Å². The van der Waals surface area contributed by atoms with Gasteiger partial charge in [-0.3, -0.25) is 0 Å². The van der Waals surface area contributed by atoms with E-state index in [4.69, 9.17) is 5.73 Å². The standard InChI is InChI=1S/C7H14N2/c1-2-6-5-9-4-3-7(6)8/h2,6-7,9H,1,3-5,8H2. The van der Waals surface area contributed by atoms with Crippen molar-refractivity contribution < 1.29 is 0 Å². The lowest BCUT2D eigenvalue weighted by molar-refractivity contribution is 0.381. The molecule has 2 heteroatoms. The molecule has 1 aliphatic heterocycles. The van der Waals surface area contributed by atoms with Gasteiger partial charge in [0, 0.05) is 18.5 Å². The van der Waals surface area contributed by atoms with E-state index < -0.39 is 0 Å². The molecule has 2 atom stereocenters. The molecule has 52 valence electrons. The molecule has 3 N–H and O–H groups in total. The fourth-order valence-electron chi connectivity index (χ4n) is 1.16. The average Bonchev–Trinajstić information content (AvgIpc) is 1.89. The summed E-state index contributed by atoms with van der Waals surface area (Å²) in [6.45, 7) is 5.78. The average molecular weight is 126 g/mol. The van der Waals surface area contributed by atoms with E-state index in [0.717, 1.165) is 19.5 Å². The van der Waals surface area contributed by atoms with Crippen LogP contribution >= 0.6 is 0 Å². The molecule has 1 fully saturated rings. The Hall–Kier alpha value is -0.340. The van der Waals surface area contributed by atoms with Crippen LogP contribution in [0.3, 0.4) is 0 Å². The number of hydrogen-bond acceptors (Lipinski definition) is 2. The molecule has 1 rings (SSSR count). The Morgan fingerprint density at radius 3 is 2.89 bits per heavy atom. The van der Waals surface area contributed by atoms with E-state index in [1.165, 1.54) is 0 Å². The zero-order valence-electron chi connectivity index (χ0n) is 5.64. The molecule has 0 bridgehead atoms. The number of hydrogen-bond donors (Lipinski definition) is 2. The van der Waals surface area contributed by atoms with E-state index in [-0.39, 0.29) is 0 Å². The Labute approximate surface area is 56.1 Å². The van der Waals surface area contributed by atoms with E-state index >= 15 is 0 Å².